The predicted octanol–water partition coefficient (Wildman–Crippen LogP) is 2.69. The summed E-state index contributed by atoms with van der Waals surface area (Å²) in [5, 5.41) is 7.67. The molecule has 0 spiro atoms. The third-order valence-corrected chi connectivity index (χ3v) is 3.87. The van der Waals surface area contributed by atoms with Gasteiger partial charge in [0.1, 0.15) is 5.82 Å². The Balaban J connectivity index is 1.83. The molecule has 25 heavy (non-hydrogen) atoms. The number of benzene rings is 1. The number of halogens is 1. The van der Waals surface area contributed by atoms with Gasteiger partial charge in [-0.05, 0) is 44.0 Å². The number of rotatable bonds is 8. The lowest BCUT2D eigenvalue weighted by molar-refractivity contribution is -0.140. The first-order chi connectivity index (χ1) is 12.0. The molecule has 2 rings (SSSR count). The van der Waals surface area contributed by atoms with E-state index in [4.69, 9.17) is 11.6 Å². The SMILES string of the molecule is COC(=O)CCCCCNC(=O)c1nc(C)n(-c2ccc(Cl)cc2)n1. The summed E-state index contributed by atoms with van der Waals surface area (Å²) in [6.45, 7) is 2.29. The Morgan fingerprint density at radius 1 is 1.20 bits per heavy atom. The number of carbonyl (C=O) groups excluding carboxylic acids is 2. The Hall–Kier alpha value is -2.41. The maximum absolute atomic E-state index is 12.1. The van der Waals surface area contributed by atoms with Crippen molar-refractivity contribution in [3.63, 3.8) is 0 Å². The smallest absolute Gasteiger partial charge is 0.305 e. The second kappa shape index (κ2) is 9.17. The predicted molar refractivity (Wildman–Crippen MR) is 93.9 cm³/mol. The van der Waals surface area contributed by atoms with Crippen LogP contribution in [-0.4, -0.2) is 40.3 Å². The Labute approximate surface area is 151 Å². The maximum atomic E-state index is 12.1. The summed E-state index contributed by atoms with van der Waals surface area (Å²) in [5.74, 6) is 0.216. The van der Waals surface area contributed by atoms with Crippen LogP contribution in [-0.2, 0) is 9.53 Å². The van der Waals surface area contributed by atoms with Crippen LogP contribution in [0.4, 0.5) is 0 Å². The van der Waals surface area contributed by atoms with Gasteiger partial charge in [0.25, 0.3) is 5.91 Å². The molecule has 2 aromatic rings. The number of esters is 1. The van der Waals surface area contributed by atoms with Crippen molar-refractivity contribution < 1.29 is 14.3 Å². The van der Waals surface area contributed by atoms with Gasteiger partial charge in [0, 0.05) is 18.0 Å². The fourth-order valence-corrected chi connectivity index (χ4v) is 2.39. The lowest BCUT2D eigenvalue weighted by Gasteiger charge is -2.03. The van der Waals surface area contributed by atoms with Crippen LogP contribution in [0.2, 0.25) is 5.02 Å². The summed E-state index contributed by atoms with van der Waals surface area (Å²) in [6, 6.07) is 7.14. The van der Waals surface area contributed by atoms with Gasteiger partial charge in [-0.1, -0.05) is 18.0 Å². The second-order valence-corrected chi connectivity index (χ2v) is 5.95. The number of amides is 1. The van der Waals surface area contributed by atoms with Gasteiger partial charge in [0.15, 0.2) is 0 Å². The summed E-state index contributed by atoms with van der Waals surface area (Å²) in [5.41, 5.74) is 0.788. The number of hydrogen-bond donors (Lipinski definition) is 1. The number of nitrogens with zero attached hydrogens (tertiary/aromatic N) is 3. The first-order valence-electron chi connectivity index (χ1n) is 8.06. The molecule has 0 aliphatic rings. The summed E-state index contributed by atoms with van der Waals surface area (Å²) in [4.78, 5) is 27.3. The summed E-state index contributed by atoms with van der Waals surface area (Å²) in [7, 11) is 1.38. The van der Waals surface area contributed by atoms with Crippen LogP contribution in [0.1, 0.15) is 42.1 Å². The van der Waals surface area contributed by atoms with Gasteiger partial charge < -0.3 is 10.1 Å². The highest BCUT2D eigenvalue weighted by molar-refractivity contribution is 6.30. The molecule has 0 fully saturated rings. The van der Waals surface area contributed by atoms with Crippen molar-refractivity contribution in [1.29, 1.82) is 0 Å². The van der Waals surface area contributed by atoms with Crippen LogP contribution in [0.25, 0.3) is 5.69 Å². The fourth-order valence-electron chi connectivity index (χ4n) is 2.27. The van der Waals surface area contributed by atoms with E-state index in [1.54, 1.807) is 23.7 Å². The van der Waals surface area contributed by atoms with E-state index in [1.165, 1.54) is 7.11 Å². The zero-order chi connectivity index (χ0) is 18.2. The van der Waals surface area contributed by atoms with Crippen LogP contribution < -0.4 is 5.32 Å². The molecule has 0 bridgehead atoms. The summed E-state index contributed by atoms with van der Waals surface area (Å²) >= 11 is 5.88. The summed E-state index contributed by atoms with van der Waals surface area (Å²) < 4.78 is 6.17. The average molecular weight is 365 g/mol. The van der Waals surface area contributed by atoms with Gasteiger partial charge >= 0.3 is 5.97 Å². The van der Waals surface area contributed by atoms with Crippen molar-refractivity contribution in [3.8, 4) is 5.69 Å². The molecule has 0 saturated heterocycles. The number of carbonyl (C=O) groups is 2. The second-order valence-electron chi connectivity index (χ2n) is 5.51. The van der Waals surface area contributed by atoms with E-state index in [1.807, 2.05) is 12.1 Å². The van der Waals surface area contributed by atoms with Gasteiger partial charge in [-0.2, -0.15) is 0 Å². The van der Waals surface area contributed by atoms with Gasteiger partial charge in [0.2, 0.25) is 5.82 Å². The van der Waals surface area contributed by atoms with Crippen molar-refractivity contribution in [2.45, 2.75) is 32.6 Å². The summed E-state index contributed by atoms with van der Waals surface area (Å²) in [6.07, 6.45) is 2.75. The number of hydrogen-bond acceptors (Lipinski definition) is 5. The molecule has 1 aromatic carbocycles. The molecular formula is C17H21ClN4O3. The van der Waals surface area contributed by atoms with E-state index in [-0.39, 0.29) is 17.7 Å². The monoisotopic (exact) mass is 364 g/mol. The third kappa shape index (κ3) is 5.56. The molecular weight excluding hydrogens is 344 g/mol. The van der Waals surface area contributed by atoms with Gasteiger partial charge in [-0.15, -0.1) is 5.10 Å². The highest BCUT2D eigenvalue weighted by Crippen LogP contribution is 2.14. The van der Waals surface area contributed by atoms with E-state index in [9.17, 15) is 9.59 Å². The number of nitrogens with one attached hydrogen (secondary N) is 1. The molecule has 0 unspecified atom stereocenters. The van der Waals surface area contributed by atoms with Crippen molar-refractivity contribution in [3.05, 3.63) is 40.9 Å². The Bertz CT molecular complexity index is 728. The van der Waals surface area contributed by atoms with E-state index in [2.05, 4.69) is 20.1 Å². The fraction of sp³-hybridized carbons (Fsp3) is 0.412. The van der Waals surface area contributed by atoms with Crippen LogP contribution >= 0.6 is 11.6 Å². The minimum Gasteiger partial charge on any atom is -0.469 e. The van der Waals surface area contributed by atoms with Crippen LogP contribution in [0.5, 0.6) is 0 Å². The first kappa shape index (κ1) is 18.9. The number of aryl methyl sites for hydroxylation is 1. The van der Waals surface area contributed by atoms with Crippen LogP contribution in [0.15, 0.2) is 24.3 Å². The number of methoxy groups -OCH3 is 1. The molecule has 1 heterocycles. The van der Waals surface area contributed by atoms with Crippen LogP contribution in [0, 0.1) is 6.92 Å². The standard InChI is InChI=1S/C17H21ClN4O3/c1-12-20-16(21-22(12)14-9-7-13(18)8-10-14)17(24)19-11-5-3-4-6-15(23)25-2/h7-10H,3-6,11H2,1-2H3,(H,19,24). The minimum absolute atomic E-state index is 0.127. The quantitative estimate of drug-likeness (QED) is 0.575. The molecule has 1 amide bonds. The van der Waals surface area contributed by atoms with Crippen molar-refractivity contribution in [2.24, 2.45) is 0 Å². The minimum atomic E-state index is -0.316. The molecule has 0 aliphatic heterocycles. The molecule has 0 aliphatic carbocycles. The molecule has 1 N–H and O–H groups in total. The molecule has 0 saturated carbocycles. The Morgan fingerprint density at radius 3 is 2.60 bits per heavy atom. The zero-order valence-electron chi connectivity index (χ0n) is 14.3. The number of aromatic nitrogens is 3. The van der Waals surface area contributed by atoms with Crippen molar-refractivity contribution >= 4 is 23.5 Å². The highest BCUT2D eigenvalue weighted by Gasteiger charge is 2.14. The molecule has 7 nitrogen and oxygen atoms in total. The topological polar surface area (TPSA) is 86.1 Å². The van der Waals surface area contributed by atoms with E-state index < -0.39 is 0 Å². The Kier molecular flexibility index (Phi) is 6.94. The third-order valence-electron chi connectivity index (χ3n) is 3.61. The first-order valence-corrected chi connectivity index (χ1v) is 8.43. The van der Waals surface area contributed by atoms with Gasteiger partial charge in [0.05, 0.1) is 12.8 Å². The molecule has 1 aromatic heterocycles. The molecule has 0 radical (unpaired) electrons. The Morgan fingerprint density at radius 2 is 1.92 bits per heavy atom. The highest BCUT2D eigenvalue weighted by atomic mass is 35.5. The van der Waals surface area contributed by atoms with Gasteiger partial charge in [-0.25, -0.2) is 9.67 Å². The number of unbranched alkanes of at least 4 members (excludes halogenated alkanes) is 2. The van der Waals surface area contributed by atoms with E-state index in [0.29, 0.717) is 23.8 Å². The lowest BCUT2D eigenvalue weighted by atomic mass is 10.2. The molecule has 0 atom stereocenters. The average Bonchev–Trinajstić information content (AvgIpc) is 3.00. The largest absolute Gasteiger partial charge is 0.469 e. The zero-order valence-corrected chi connectivity index (χ0v) is 15.0. The van der Waals surface area contributed by atoms with E-state index >= 15 is 0 Å². The maximum Gasteiger partial charge on any atom is 0.305 e. The molecule has 8 heteroatoms. The number of ether oxygens (including phenoxy) is 1. The normalized spacial score (nSPS) is 10.5. The van der Waals surface area contributed by atoms with E-state index in [0.717, 1.165) is 24.9 Å². The van der Waals surface area contributed by atoms with Crippen LogP contribution in [0.3, 0.4) is 0 Å². The lowest BCUT2D eigenvalue weighted by Crippen LogP contribution is -2.25. The van der Waals surface area contributed by atoms with Crippen molar-refractivity contribution in [2.75, 3.05) is 13.7 Å². The van der Waals surface area contributed by atoms with Crippen molar-refractivity contribution in [1.82, 2.24) is 20.1 Å². The molecule has 134 valence electrons. The van der Waals surface area contributed by atoms with Gasteiger partial charge in [-0.3, -0.25) is 9.59 Å².